The molecule has 0 fully saturated rings. The third-order valence-corrected chi connectivity index (χ3v) is 3.65. The molecule has 1 amide bonds. The number of nitrogens with one attached hydrogen (secondary N) is 3. The van der Waals surface area contributed by atoms with Crippen molar-refractivity contribution < 1.29 is 4.79 Å². The van der Waals surface area contributed by atoms with Crippen molar-refractivity contribution in [2.75, 3.05) is 20.1 Å². The van der Waals surface area contributed by atoms with Crippen molar-refractivity contribution in [3.05, 3.63) is 42.1 Å². The van der Waals surface area contributed by atoms with Crippen molar-refractivity contribution in [3.63, 3.8) is 0 Å². The summed E-state index contributed by atoms with van der Waals surface area (Å²) in [7, 11) is 1.73. The van der Waals surface area contributed by atoms with Crippen LogP contribution in [0, 0.1) is 5.92 Å². The van der Waals surface area contributed by atoms with Crippen LogP contribution in [0.15, 0.2) is 41.5 Å². The van der Waals surface area contributed by atoms with Crippen LogP contribution in [-0.4, -0.2) is 37.0 Å². The Balaban J connectivity index is 1.84. The quantitative estimate of drug-likeness (QED) is 0.428. The Hall–Kier alpha value is -2.63. The second-order valence-corrected chi connectivity index (χ2v) is 5.79. The van der Waals surface area contributed by atoms with Gasteiger partial charge in [-0.05, 0) is 17.7 Å². The lowest BCUT2D eigenvalue weighted by Crippen LogP contribution is -2.41. The Kier molecular flexibility index (Phi) is 6.54. The van der Waals surface area contributed by atoms with Gasteiger partial charge < -0.3 is 16.0 Å². The van der Waals surface area contributed by atoms with Crippen molar-refractivity contribution in [2.24, 2.45) is 10.9 Å². The van der Waals surface area contributed by atoms with Crippen LogP contribution in [0.1, 0.15) is 19.4 Å². The molecule has 1 aromatic carbocycles. The van der Waals surface area contributed by atoms with Crippen molar-refractivity contribution in [1.82, 2.24) is 20.9 Å². The number of aromatic nitrogens is 1. The van der Waals surface area contributed by atoms with E-state index in [4.69, 9.17) is 0 Å². The number of rotatable bonds is 6. The maximum atomic E-state index is 11.5. The minimum absolute atomic E-state index is 0.00223. The normalized spacial score (nSPS) is 11.6. The lowest BCUT2D eigenvalue weighted by molar-refractivity contribution is -0.123. The topological polar surface area (TPSA) is 78.4 Å². The number of amides is 1. The van der Waals surface area contributed by atoms with Crippen LogP contribution in [-0.2, 0) is 11.3 Å². The molecule has 0 spiro atoms. The van der Waals surface area contributed by atoms with E-state index in [2.05, 4.69) is 32.0 Å². The van der Waals surface area contributed by atoms with Crippen LogP contribution in [0.4, 0.5) is 0 Å². The molecular weight excluding hydrogens is 302 g/mol. The fourth-order valence-corrected chi connectivity index (χ4v) is 2.28. The molecule has 0 saturated heterocycles. The summed E-state index contributed by atoms with van der Waals surface area (Å²) in [5.41, 5.74) is 2.15. The number of benzene rings is 1. The molecule has 128 valence electrons. The molecule has 1 aromatic heterocycles. The molecule has 0 radical (unpaired) electrons. The highest BCUT2D eigenvalue weighted by molar-refractivity contribution is 5.83. The molecule has 0 aliphatic heterocycles. The van der Waals surface area contributed by atoms with E-state index in [0.717, 1.165) is 16.5 Å². The lowest BCUT2D eigenvalue weighted by Gasteiger charge is -2.14. The largest absolute Gasteiger partial charge is 0.355 e. The highest BCUT2D eigenvalue weighted by Gasteiger charge is 2.06. The molecule has 24 heavy (non-hydrogen) atoms. The van der Waals surface area contributed by atoms with Gasteiger partial charge in [0.25, 0.3) is 0 Å². The fourth-order valence-electron chi connectivity index (χ4n) is 2.28. The van der Waals surface area contributed by atoms with E-state index in [1.807, 2.05) is 44.3 Å². The highest BCUT2D eigenvalue weighted by atomic mass is 16.1. The summed E-state index contributed by atoms with van der Waals surface area (Å²) >= 11 is 0. The summed E-state index contributed by atoms with van der Waals surface area (Å²) in [4.78, 5) is 20.1. The minimum atomic E-state index is 0.00223. The molecule has 6 nitrogen and oxygen atoms in total. The average molecular weight is 327 g/mol. The number of para-hydroxylation sites is 1. The van der Waals surface area contributed by atoms with Crippen LogP contribution in [0.3, 0.4) is 0 Å². The number of aliphatic imine (C=N–C) groups is 1. The number of nitrogens with zero attached hydrogens (tertiary/aromatic N) is 2. The summed E-state index contributed by atoms with van der Waals surface area (Å²) in [5, 5.41) is 10.5. The fraction of sp³-hybridized carbons (Fsp3) is 0.389. The van der Waals surface area contributed by atoms with Gasteiger partial charge in [0.15, 0.2) is 5.96 Å². The molecule has 0 bridgehead atoms. The van der Waals surface area contributed by atoms with E-state index in [-0.39, 0.29) is 11.8 Å². The third kappa shape index (κ3) is 4.94. The first-order valence-corrected chi connectivity index (χ1v) is 8.16. The zero-order valence-electron chi connectivity index (χ0n) is 14.5. The highest BCUT2D eigenvalue weighted by Crippen LogP contribution is 2.15. The van der Waals surface area contributed by atoms with Gasteiger partial charge in [-0.25, -0.2) is 0 Å². The van der Waals surface area contributed by atoms with Crippen LogP contribution in [0.25, 0.3) is 10.9 Å². The molecule has 6 heteroatoms. The van der Waals surface area contributed by atoms with Crippen LogP contribution < -0.4 is 16.0 Å². The molecule has 1 heterocycles. The molecule has 3 N–H and O–H groups in total. The first-order valence-electron chi connectivity index (χ1n) is 8.16. The van der Waals surface area contributed by atoms with E-state index < -0.39 is 0 Å². The molecule has 2 rings (SSSR count). The molecular formula is C18H25N5O. The lowest BCUT2D eigenvalue weighted by atomic mass is 10.1. The van der Waals surface area contributed by atoms with Gasteiger partial charge in [0.1, 0.15) is 0 Å². The van der Waals surface area contributed by atoms with Crippen molar-refractivity contribution in [2.45, 2.75) is 20.4 Å². The van der Waals surface area contributed by atoms with Gasteiger partial charge in [-0.2, -0.15) is 0 Å². The average Bonchev–Trinajstić information content (AvgIpc) is 2.60. The second-order valence-electron chi connectivity index (χ2n) is 5.79. The molecule has 2 aromatic rings. The number of carbonyl (C=O) groups excluding carboxylic acids is 1. The second kappa shape index (κ2) is 8.86. The number of hydrogen-bond donors (Lipinski definition) is 3. The summed E-state index contributed by atoms with van der Waals surface area (Å²) in [6.07, 6.45) is 1.82. The smallest absolute Gasteiger partial charge is 0.222 e. The Morgan fingerprint density at radius 2 is 1.88 bits per heavy atom. The minimum Gasteiger partial charge on any atom is -0.355 e. The van der Waals surface area contributed by atoms with Crippen molar-refractivity contribution in [1.29, 1.82) is 0 Å². The standard InChI is InChI=1S/C18H25N5O/c1-13(2)17(24)21-10-11-22-18(19-3)23-12-14-8-9-20-16-7-5-4-6-15(14)16/h4-9,13H,10-12H2,1-3H3,(H,21,24)(H2,19,22,23). The number of pyridine rings is 1. The molecule has 0 saturated carbocycles. The number of fused-ring (bicyclic) bond motifs is 1. The third-order valence-electron chi connectivity index (χ3n) is 3.65. The Morgan fingerprint density at radius 1 is 1.12 bits per heavy atom. The number of guanidine groups is 1. The van der Waals surface area contributed by atoms with E-state index in [1.165, 1.54) is 0 Å². The predicted molar refractivity (Wildman–Crippen MR) is 97.8 cm³/mol. The van der Waals surface area contributed by atoms with E-state index >= 15 is 0 Å². The van der Waals surface area contributed by atoms with Gasteiger partial charge in [0.2, 0.25) is 5.91 Å². The van der Waals surface area contributed by atoms with Gasteiger partial charge in [-0.3, -0.25) is 14.8 Å². The molecule has 0 unspecified atom stereocenters. The van der Waals surface area contributed by atoms with Crippen LogP contribution >= 0.6 is 0 Å². The van der Waals surface area contributed by atoms with E-state index in [9.17, 15) is 4.79 Å². The SMILES string of the molecule is CN=C(NCCNC(=O)C(C)C)NCc1ccnc2ccccc12. The van der Waals surface area contributed by atoms with E-state index in [0.29, 0.717) is 25.6 Å². The van der Waals surface area contributed by atoms with Gasteiger partial charge in [-0.1, -0.05) is 32.0 Å². The van der Waals surface area contributed by atoms with Gasteiger partial charge in [0, 0.05) is 44.2 Å². The number of carbonyl (C=O) groups is 1. The monoisotopic (exact) mass is 327 g/mol. The first kappa shape index (κ1) is 17.7. The van der Waals surface area contributed by atoms with Crippen LogP contribution in [0.2, 0.25) is 0 Å². The maximum absolute atomic E-state index is 11.5. The maximum Gasteiger partial charge on any atom is 0.222 e. The summed E-state index contributed by atoms with van der Waals surface area (Å²) < 4.78 is 0. The Labute approximate surface area is 142 Å². The summed E-state index contributed by atoms with van der Waals surface area (Å²) in [6.45, 7) is 5.59. The first-order chi connectivity index (χ1) is 11.6. The molecule has 0 aliphatic rings. The Bertz CT molecular complexity index is 706. The van der Waals surface area contributed by atoms with Crippen molar-refractivity contribution in [3.8, 4) is 0 Å². The molecule has 0 aliphatic carbocycles. The zero-order chi connectivity index (χ0) is 17.4. The van der Waals surface area contributed by atoms with Gasteiger partial charge in [-0.15, -0.1) is 0 Å². The predicted octanol–water partition coefficient (Wildman–Crippen LogP) is 1.67. The summed E-state index contributed by atoms with van der Waals surface area (Å²) in [6, 6.07) is 10.1. The van der Waals surface area contributed by atoms with Crippen molar-refractivity contribution >= 4 is 22.8 Å². The molecule has 0 atom stereocenters. The number of hydrogen-bond acceptors (Lipinski definition) is 3. The summed E-state index contributed by atoms with van der Waals surface area (Å²) in [5.74, 6) is 0.764. The van der Waals surface area contributed by atoms with Gasteiger partial charge in [0.05, 0.1) is 5.52 Å². The Morgan fingerprint density at radius 3 is 2.62 bits per heavy atom. The zero-order valence-corrected chi connectivity index (χ0v) is 14.5. The van der Waals surface area contributed by atoms with Crippen LogP contribution in [0.5, 0.6) is 0 Å². The van der Waals surface area contributed by atoms with E-state index in [1.54, 1.807) is 7.05 Å². The van der Waals surface area contributed by atoms with Gasteiger partial charge >= 0.3 is 0 Å².